The minimum atomic E-state index is 0.382. The van der Waals surface area contributed by atoms with Gasteiger partial charge in [-0.25, -0.2) is 4.99 Å². The summed E-state index contributed by atoms with van der Waals surface area (Å²) < 4.78 is 7.71. The van der Waals surface area contributed by atoms with E-state index in [0.29, 0.717) is 12.5 Å². The molecule has 0 saturated carbocycles. The van der Waals surface area contributed by atoms with E-state index in [2.05, 4.69) is 19.9 Å². The van der Waals surface area contributed by atoms with Gasteiger partial charge in [-0.2, -0.15) is 0 Å². The summed E-state index contributed by atoms with van der Waals surface area (Å²) in [5, 5.41) is 3.94. The Morgan fingerprint density at radius 3 is 2.92 bits per heavy atom. The largest absolute Gasteiger partial charge is 0.496 e. The Hall–Kier alpha value is -2.02. The Bertz CT molecular complexity index is 675. The average Bonchev–Trinajstić information content (AvgIpc) is 3.09. The third kappa shape index (κ3) is 4.29. The predicted molar refractivity (Wildman–Crippen MR) is 100 cm³/mol. The highest BCUT2D eigenvalue weighted by Crippen LogP contribution is 2.18. The molecule has 7 heteroatoms. The van der Waals surface area contributed by atoms with Gasteiger partial charge in [0.2, 0.25) is 0 Å². The van der Waals surface area contributed by atoms with Crippen LogP contribution in [0.3, 0.4) is 0 Å². The van der Waals surface area contributed by atoms with E-state index in [1.165, 1.54) is 19.3 Å². The molecule has 3 rings (SSSR count). The Kier molecular flexibility index (Phi) is 5.74. The van der Waals surface area contributed by atoms with Gasteiger partial charge in [-0.1, -0.05) is 18.2 Å². The van der Waals surface area contributed by atoms with Crippen LogP contribution < -0.4 is 15.8 Å². The Morgan fingerprint density at radius 2 is 2.12 bits per heavy atom. The van der Waals surface area contributed by atoms with Gasteiger partial charge < -0.3 is 10.5 Å². The SMILES string of the molecule is COc1ccccc1CN=C(N)NC1=NC(=[N+]2CCCCC2)CS1. The molecule has 1 aromatic rings. The summed E-state index contributed by atoms with van der Waals surface area (Å²) in [6.07, 6.45) is 3.85. The van der Waals surface area contributed by atoms with Crippen LogP contribution in [-0.4, -0.2) is 47.5 Å². The monoisotopic (exact) mass is 346 g/mol. The number of aliphatic imine (C=N–C) groups is 2. The Labute approximate surface area is 146 Å². The first-order chi connectivity index (χ1) is 11.8. The lowest BCUT2D eigenvalue weighted by Crippen LogP contribution is -2.34. The van der Waals surface area contributed by atoms with E-state index in [-0.39, 0.29) is 0 Å². The molecule has 2 aliphatic heterocycles. The van der Waals surface area contributed by atoms with Gasteiger partial charge in [0, 0.05) is 5.56 Å². The van der Waals surface area contributed by atoms with E-state index in [0.717, 1.165) is 41.2 Å². The van der Waals surface area contributed by atoms with Gasteiger partial charge in [0.15, 0.2) is 5.96 Å². The van der Waals surface area contributed by atoms with Crippen LogP contribution in [0.4, 0.5) is 0 Å². The Balaban J connectivity index is 1.61. The number of piperidine rings is 1. The lowest BCUT2D eigenvalue weighted by atomic mass is 10.2. The zero-order valence-electron chi connectivity index (χ0n) is 14.0. The standard InChI is InChI=1S/C17H23N5OS/c1-23-14-8-4-3-7-13(14)11-19-16(18)21-17-20-15(12-24-17)22-9-5-2-6-10-22/h3-4,7-8H,2,5-6,9-12H2,1H3,(H2,18,19)/p+1. The van der Waals surface area contributed by atoms with Gasteiger partial charge >= 0.3 is 5.84 Å². The zero-order chi connectivity index (χ0) is 16.8. The number of nitrogens with zero attached hydrogens (tertiary/aromatic N) is 3. The minimum absolute atomic E-state index is 0.382. The van der Waals surface area contributed by atoms with Gasteiger partial charge in [-0.05, 0) is 42.1 Å². The van der Waals surface area contributed by atoms with Crippen LogP contribution in [0.1, 0.15) is 24.8 Å². The number of guanidine groups is 1. The van der Waals surface area contributed by atoms with E-state index in [4.69, 9.17) is 10.5 Å². The number of benzene rings is 1. The molecule has 1 saturated heterocycles. The first-order valence-corrected chi connectivity index (χ1v) is 9.26. The molecule has 0 spiro atoms. The van der Waals surface area contributed by atoms with Gasteiger partial charge in [0.05, 0.1) is 26.7 Å². The van der Waals surface area contributed by atoms with Gasteiger partial charge in [-0.3, -0.25) is 9.89 Å². The lowest BCUT2D eigenvalue weighted by molar-refractivity contribution is -0.538. The fraction of sp³-hybridized carbons (Fsp3) is 0.471. The topological polar surface area (TPSA) is 75.0 Å². The molecule has 0 unspecified atom stereocenters. The van der Waals surface area contributed by atoms with Crippen LogP contribution in [0.2, 0.25) is 0 Å². The molecule has 0 aromatic heterocycles. The van der Waals surface area contributed by atoms with E-state index in [1.807, 2.05) is 24.3 Å². The number of nitrogens with two attached hydrogens (primary N) is 1. The first kappa shape index (κ1) is 16.8. The molecule has 0 atom stereocenters. The number of methoxy groups -OCH3 is 1. The molecule has 1 aromatic carbocycles. The maximum Gasteiger partial charge on any atom is 0.307 e. The second-order valence-electron chi connectivity index (χ2n) is 5.81. The van der Waals surface area contributed by atoms with Crippen molar-refractivity contribution in [1.82, 2.24) is 5.32 Å². The number of ether oxygens (including phenoxy) is 1. The summed E-state index contributed by atoms with van der Waals surface area (Å²) in [7, 11) is 1.66. The molecule has 0 radical (unpaired) electrons. The molecular formula is C17H24N5OS+. The van der Waals surface area contributed by atoms with Crippen molar-refractivity contribution >= 4 is 28.7 Å². The van der Waals surface area contributed by atoms with Crippen molar-refractivity contribution in [2.45, 2.75) is 25.8 Å². The number of hydrogen-bond donors (Lipinski definition) is 2. The summed E-state index contributed by atoms with van der Waals surface area (Å²) in [6.45, 7) is 2.71. The normalized spacial score (nSPS) is 18.5. The quantitative estimate of drug-likeness (QED) is 0.497. The minimum Gasteiger partial charge on any atom is -0.496 e. The molecular weight excluding hydrogens is 322 g/mol. The number of thioether (sulfide) groups is 1. The highest BCUT2D eigenvalue weighted by Gasteiger charge is 2.26. The van der Waals surface area contributed by atoms with Crippen molar-refractivity contribution in [3.8, 4) is 5.75 Å². The highest BCUT2D eigenvalue weighted by molar-refractivity contribution is 8.14. The van der Waals surface area contributed by atoms with Crippen LogP contribution >= 0.6 is 11.8 Å². The molecule has 24 heavy (non-hydrogen) atoms. The number of nitrogens with one attached hydrogen (secondary N) is 1. The predicted octanol–water partition coefficient (Wildman–Crippen LogP) is 1.80. The molecule has 0 amide bonds. The van der Waals surface area contributed by atoms with Gasteiger partial charge in [0.1, 0.15) is 11.5 Å². The van der Waals surface area contributed by atoms with E-state index < -0.39 is 0 Å². The van der Waals surface area contributed by atoms with Crippen LogP contribution in [0, 0.1) is 0 Å². The van der Waals surface area contributed by atoms with E-state index >= 15 is 0 Å². The molecule has 0 aliphatic carbocycles. The van der Waals surface area contributed by atoms with Gasteiger partial charge in [0.25, 0.3) is 5.17 Å². The molecule has 2 aliphatic rings. The second-order valence-corrected chi connectivity index (χ2v) is 6.77. The number of hydrogen-bond acceptors (Lipinski definition) is 3. The summed E-state index contributed by atoms with van der Waals surface area (Å²) in [5.41, 5.74) is 7.00. The number of rotatable bonds is 3. The van der Waals surface area contributed by atoms with Crippen LogP contribution in [0.5, 0.6) is 5.75 Å². The van der Waals surface area contributed by atoms with E-state index in [9.17, 15) is 0 Å². The maximum atomic E-state index is 6.00. The molecule has 1 fully saturated rings. The second kappa shape index (κ2) is 8.19. The summed E-state index contributed by atoms with van der Waals surface area (Å²) in [4.78, 5) is 9.06. The van der Waals surface area contributed by atoms with Crippen molar-refractivity contribution in [2.75, 3.05) is 26.0 Å². The van der Waals surface area contributed by atoms with Crippen LogP contribution in [0.25, 0.3) is 0 Å². The first-order valence-electron chi connectivity index (χ1n) is 8.27. The third-order valence-electron chi connectivity index (χ3n) is 4.14. The van der Waals surface area contributed by atoms with Crippen molar-refractivity contribution in [2.24, 2.45) is 15.7 Å². The highest BCUT2D eigenvalue weighted by atomic mass is 32.2. The number of amidine groups is 2. The molecule has 2 heterocycles. The smallest absolute Gasteiger partial charge is 0.307 e. The summed E-state index contributed by atoms with van der Waals surface area (Å²) in [5.74, 6) is 3.26. The maximum absolute atomic E-state index is 6.00. The molecule has 6 nitrogen and oxygen atoms in total. The van der Waals surface area contributed by atoms with Crippen LogP contribution in [0.15, 0.2) is 34.3 Å². The Morgan fingerprint density at radius 1 is 1.33 bits per heavy atom. The van der Waals surface area contributed by atoms with Crippen molar-refractivity contribution in [1.29, 1.82) is 0 Å². The molecule has 3 N–H and O–H groups in total. The third-order valence-corrected chi connectivity index (χ3v) is 5.01. The van der Waals surface area contributed by atoms with Gasteiger partial charge in [-0.15, -0.1) is 0 Å². The summed E-state index contributed by atoms with van der Waals surface area (Å²) in [6, 6.07) is 7.81. The molecule has 128 valence electrons. The number of para-hydroxylation sites is 1. The van der Waals surface area contributed by atoms with Crippen molar-refractivity contribution < 1.29 is 9.31 Å². The molecule has 0 bridgehead atoms. The fourth-order valence-electron chi connectivity index (χ4n) is 2.85. The average molecular weight is 346 g/mol. The summed E-state index contributed by atoms with van der Waals surface area (Å²) >= 11 is 1.68. The van der Waals surface area contributed by atoms with Crippen molar-refractivity contribution in [3.05, 3.63) is 29.8 Å². The fourth-order valence-corrected chi connectivity index (χ4v) is 3.71. The van der Waals surface area contributed by atoms with E-state index in [1.54, 1.807) is 18.9 Å². The van der Waals surface area contributed by atoms with Crippen molar-refractivity contribution in [3.63, 3.8) is 0 Å². The zero-order valence-corrected chi connectivity index (χ0v) is 14.8. The lowest BCUT2D eigenvalue weighted by Gasteiger charge is -2.12. The van der Waals surface area contributed by atoms with Crippen LogP contribution in [-0.2, 0) is 6.54 Å².